The molecule has 662 valence electrons. The second-order valence-electron chi connectivity index (χ2n) is 38.9. The summed E-state index contributed by atoms with van der Waals surface area (Å²) in [4.78, 5) is 78.1. The van der Waals surface area contributed by atoms with Gasteiger partial charge in [0, 0.05) is 57.4 Å². The number of phenolic OH excluding ortho intramolecular Hbond substituents is 7. The number of aliphatic hydroxyl groups is 1. The van der Waals surface area contributed by atoms with Crippen LogP contribution in [0.4, 0.5) is 0 Å². The Morgan fingerprint density at radius 1 is 0.646 bits per heavy atom. The zero-order valence-corrected chi connectivity index (χ0v) is 73.8. The van der Waals surface area contributed by atoms with Gasteiger partial charge in [0.2, 0.25) is 36.1 Å². The Bertz CT molecular complexity index is 6580. The molecule has 1 spiro atoms. The van der Waals surface area contributed by atoms with Gasteiger partial charge in [-0.1, -0.05) is 86.9 Å². The molecule has 127 heavy (non-hydrogen) atoms. The molecule has 11 atom stereocenters. The molecule has 1 saturated heterocycles. The van der Waals surface area contributed by atoms with E-state index in [0.717, 1.165) is 143 Å². The predicted molar refractivity (Wildman–Crippen MR) is 473 cm³/mol. The average Bonchev–Trinajstić information content (AvgIpc) is 1.39. The van der Waals surface area contributed by atoms with Crippen LogP contribution in [0.1, 0.15) is 189 Å². The number of phenols is 7. The summed E-state index contributed by atoms with van der Waals surface area (Å²) < 4.78 is 50.2. The fourth-order valence-electron chi connectivity index (χ4n) is 22.9. The number of carbonyl (C=O) groups is 5. The smallest absolute Gasteiger partial charge is 0.330 e. The molecule has 25 nitrogen and oxygen atoms in total. The molecule has 8 aliphatic carbocycles. The monoisotopic (exact) mass is 1730 g/mol. The molecule has 4 bridgehead atoms. The Balaban J connectivity index is 0.000000124. The lowest BCUT2D eigenvalue weighted by atomic mass is 9.34. The van der Waals surface area contributed by atoms with Crippen molar-refractivity contribution in [3.63, 3.8) is 0 Å². The highest BCUT2D eigenvalue weighted by molar-refractivity contribution is 6.20. The van der Waals surface area contributed by atoms with E-state index in [1.165, 1.54) is 29.5 Å². The van der Waals surface area contributed by atoms with Crippen molar-refractivity contribution < 1.29 is 117 Å². The maximum absolute atomic E-state index is 14.7. The predicted octanol–water partition coefficient (Wildman–Crippen LogP) is 19.1. The summed E-state index contributed by atoms with van der Waals surface area (Å²) >= 11 is 0. The number of ether oxygens (including phenoxy) is 7. The molecule has 8 aromatic rings. The van der Waals surface area contributed by atoms with E-state index in [9.17, 15) is 79.8 Å². The fourth-order valence-corrected chi connectivity index (χ4v) is 22.9. The zero-order chi connectivity index (χ0) is 91.2. The van der Waals surface area contributed by atoms with Crippen LogP contribution >= 0.6 is 0 Å². The van der Waals surface area contributed by atoms with E-state index >= 15 is 0 Å². The molecule has 7 heterocycles. The van der Waals surface area contributed by atoms with Crippen molar-refractivity contribution in [3.05, 3.63) is 193 Å². The van der Waals surface area contributed by atoms with Crippen molar-refractivity contribution in [3.8, 4) is 85.9 Å². The maximum Gasteiger partial charge on any atom is 0.330 e. The number of carboxylic acids is 2. The van der Waals surface area contributed by atoms with Crippen molar-refractivity contribution in [2.45, 2.75) is 196 Å². The number of carbonyl (C=O) groups excluding carboxylic acids is 3. The van der Waals surface area contributed by atoms with Crippen LogP contribution in [0.25, 0.3) is 60.6 Å². The molecule has 0 unspecified atom stereocenters. The summed E-state index contributed by atoms with van der Waals surface area (Å²) in [6.45, 7) is 29.2. The molecule has 21 rings (SSSR count). The number of pyridine rings is 1. The van der Waals surface area contributed by atoms with Crippen LogP contribution in [0.15, 0.2) is 175 Å². The van der Waals surface area contributed by atoms with Crippen LogP contribution < -0.4 is 38.4 Å². The summed E-state index contributed by atoms with van der Waals surface area (Å²) in [5, 5.41) is 104. The van der Waals surface area contributed by atoms with Crippen LogP contribution in [0.3, 0.4) is 0 Å². The highest BCUT2D eigenvalue weighted by atomic mass is 16.7. The van der Waals surface area contributed by atoms with Crippen LogP contribution in [-0.2, 0) is 37.4 Å². The van der Waals surface area contributed by atoms with Gasteiger partial charge in [0.1, 0.15) is 52.7 Å². The SMILES string of the molecule is CC(C)=CCC[C@]1(C)C=Cc2c(O)c3c(c(CC=C(C)C)c2O1)O[C@]12C(=C[C@@H]4C[C@H]1C(C)(C)O[C@@]2(C/C=C(/C)C(=O)O)C4=O)C3=O.CC1=C(O)C(=O)C=C2C1=CC=C1[C@@]2(C)CC[C@@]2(C)[C@@H]3C[C@](C)(C(=O)O)CC[C@]3(C)CC[C@]12C.C[n+]1cc2c3c(ccc2c2ccc4cc5c(cc4c21)OCO5)OCO3.O=c1c(-c2cc(O)c(O)c(O)c2)coc2cc(O)c(O)c(O)c12. The number of fused-ring (bicyclic) bond motifs is 18. The minimum absolute atomic E-state index is 0.0000746. The van der Waals surface area contributed by atoms with Gasteiger partial charge in [-0.05, 0) is 245 Å². The normalized spacial score (nSPS) is 28.4. The molecule has 10 N–H and O–H groups in total. The first kappa shape index (κ1) is 86.4. The third kappa shape index (κ3) is 13.1. The van der Waals surface area contributed by atoms with E-state index in [-0.39, 0.29) is 110 Å². The molecule has 5 aliphatic heterocycles. The number of hydrogen-bond donors (Lipinski definition) is 10. The molecule has 0 radical (unpaired) electrons. The number of carboxylic acid groups (broad SMARTS) is 2. The van der Waals surface area contributed by atoms with E-state index in [1.807, 2.05) is 78.8 Å². The molecule has 4 saturated carbocycles. The second-order valence-corrected chi connectivity index (χ2v) is 38.9. The average molecular weight is 1730 g/mol. The summed E-state index contributed by atoms with van der Waals surface area (Å²) in [5.74, 6) is -4.24. The number of hydrogen-bond acceptors (Lipinski definition) is 22. The van der Waals surface area contributed by atoms with Crippen molar-refractivity contribution in [2.75, 3.05) is 13.6 Å². The first-order chi connectivity index (χ1) is 59.8. The van der Waals surface area contributed by atoms with Crippen LogP contribution in [-0.4, -0.2) is 116 Å². The molecule has 5 fully saturated rings. The van der Waals surface area contributed by atoms with Crippen molar-refractivity contribution in [1.82, 2.24) is 0 Å². The van der Waals surface area contributed by atoms with E-state index in [2.05, 4.69) is 102 Å². The van der Waals surface area contributed by atoms with E-state index in [1.54, 1.807) is 12.2 Å². The van der Waals surface area contributed by atoms with Crippen molar-refractivity contribution in [2.24, 2.45) is 51.9 Å². The van der Waals surface area contributed by atoms with Crippen molar-refractivity contribution in [1.29, 1.82) is 0 Å². The van der Waals surface area contributed by atoms with Crippen LogP contribution in [0, 0.1) is 44.8 Å². The molecular weight excluding hydrogens is 1620 g/mol. The molecule has 13 aliphatic rings. The minimum atomic E-state index is -1.63. The van der Waals surface area contributed by atoms with Gasteiger partial charge in [0.25, 0.3) is 0 Å². The number of aromatic nitrogens is 1. The largest absolute Gasteiger partial charge is 0.506 e. The maximum atomic E-state index is 14.7. The van der Waals surface area contributed by atoms with E-state index in [0.29, 0.717) is 53.2 Å². The number of aliphatic hydroxyl groups excluding tert-OH is 1. The van der Waals surface area contributed by atoms with Gasteiger partial charge in [0.15, 0.2) is 86.5 Å². The van der Waals surface area contributed by atoms with Gasteiger partial charge in [-0.2, -0.15) is 4.57 Å². The summed E-state index contributed by atoms with van der Waals surface area (Å²) in [7, 11) is 2.06. The quantitative estimate of drug-likeness (QED) is 0.0200. The Morgan fingerprint density at radius 2 is 1.32 bits per heavy atom. The van der Waals surface area contributed by atoms with Gasteiger partial charge in [-0.15, -0.1) is 0 Å². The number of aliphatic carboxylic acids is 2. The van der Waals surface area contributed by atoms with Crippen molar-refractivity contribution >= 4 is 78.8 Å². The lowest BCUT2D eigenvalue weighted by molar-refractivity contribution is -0.642. The summed E-state index contributed by atoms with van der Waals surface area (Å²) in [6.07, 6.45) is 29.2. The number of allylic oxidation sites excluding steroid dienone is 12. The van der Waals surface area contributed by atoms with Gasteiger partial charge in [-0.25, -0.2) is 4.79 Å². The van der Waals surface area contributed by atoms with Gasteiger partial charge >= 0.3 is 11.9 Å². The Hall–Kier alpha value is -12.8. The lowest BCUT2D eigenvalue weighted by Gasteiger charge is -2.70. The summed E-state index contributed by atoms with van der Waals surface area (Å²) in [6, 6.07) is 15.5. The van der Waals surface area contributed by atoms with Gasteiger partial charge < -0.3 is 88.6 Å². The molecular formula is C102H106NO24+. The molecule has 0 amide bonds. The Kier molecular flexibility index (Phi) is 20.4. The lowest BCUT2D eigenvalue weighted by Crippen LogP contribution is -2.72. The van der Waals surface area contributed by atoms with Gasteiger partial charge in [0.05, 0.1) is 38.3 Å². The van der Waals surface area contributed by atoms with Crippen LogP contribution in [0.5, 0.6) is 74.7 Å². The molecule has 2 aromatic heterocycles. The van der Waals surface area contributed by atoms with Crippen LogP contribution in [0.2, 0.25) is 0 Å². The van der Waals surface area contributed by atoms with E-state index in [4.69, 9.17) is 37.6 Å². The third-order valence-corrected chi connectivity index (χ3v) is 30.3. The number of benzene rings is 6. The van der Waals surface area contributed by atoms with E-state index < -0.39 is 91.4 Å². The molecule has 25 heteroatoms. The topological polar surface area (TPSA) is 386 Å². The first-order valence-electron chi connectivity index (χ1n) is 43.1. The number of Topliss-reactive ketones (excluding diaryl/α,β-unsaturated/α-hetero) is 2. The Labute approximate surface area is 732 Å². The number of aromatic hydroxyl groups is 7. The second kappa shape index (κ2) is 29.9. The minimum Gasteiger partial charge on any atom is -0.506 e. The number of nitrogens with zero attached hydrogens (tertiary/aromatic N) is 1. The van der Waals surface area contributed by atoms with Gasteiger partial charge in [-0.3, -0.25) is 24.0 Å². The standard InChI is InChI=1S/C38H44O8.C29H38O4.C20H14NO4.C15H10O8/c1-20(2)10-9-15-36(8)16-14-24-29(39)28-30(40)26-18-23-19-27-35(6,7)46-37(33(23)41,17-13-22(5)34(42)43)38(26,27)45-32(28)25(31(24)44-36)12-11-21(3)4;1-17-18-7-8-21-27(4,19(18)15-20(30)23(17)31)12-14-29(6)22-16-26(3,24(32)33)10-9-25(22,2)11-13-28(21,29)5;1-21-8-15-12(4-5-16-20(15)25-10-22-16)13-3-2-11-6-17-18(24-9-23-17)7-14(11)19(13)21;16-7-1-5(2-8(17)13(7)20)6-4-23-10-3-9(18)14(21)15(22)11(10)12(6)19/h10-11,13-14,16,18,23,27,39H,9,12,15,17,19H2,1-8H3,(H,42,43);7-8,15,22,31H,9-14,16H2,1-6H3,(H,32,33);2-8H,9-10H2,1H3;1-4,16-18,20-22H/q;;+1;/b22-13-;;;/t23-,27+,36-,37+,38-;22-,25-,26-,27+,28-,29+;;/m11../s1. The highest BCUT2D eigenvalue weighted by Gasteiger charge is 2.81. The number of rotatable bonds is 10. The highest BCUT2D eigenvalue weighted by Crippen LogP contribution is 2.76. The third-order valence-electron chi connectivity index (χ3n) is 30.3. The first-order valence-corrected chi connectivity index (χ1v) is 43.1. The summed E-state index contributed by atoms with van der Waals surface area (Å²) in [5.41, 5.74) is 2.45. The molecule has 6 aromatic carbocycles. The number of ketones is 3. The fraction of sp³-hybridized carbons (Fsp3) is 0.402. The zero-order valence-electron chi connectivity index (χ0n) is 73.8. The Morgan fingerprint density at radius 3 is 2.02 bits per heavy atom. The number of aryl methyl sites for hydroxylation is 1.